The lowest BCUT2D eigenvalue weighted by atomic mass is 10.1. The first-order valence-corrected chi connectivity index (χ1v) is 6.31. The maximum atomic E-state index is 12.6. The molecule has 4 heteroatoms. The van der Waals surface area contributed by atoms with Crippen LogP contribution in [0, 0.1) is 0 Å². The highest BCUT2D eigenvalue weighted by Crippen LogP contribution is 2.30. The van der Waals surface area contributed by atoms with E-state index in [1.165, 1.54) is 0 Å². The summed E-state index contributed by atoms with van der Waals surface area (Å²) in [5, 5.41) is 1.01. The van der Waals surface area contributed by atoms with Gasteiger partial charge >= 0.3 is 0 Å². The predicted octanol–water partition coefficient (Wildman–Crippen LogP) is 1.78. The van der Waals surface area contributed by atoms with Crippen molar-refractivity contribution in [3.05, 3.63) is 36.0 Å². The first-order valence-electron chi connectivity index (χ1n) is 6.31. The summed E-state index contributed by atoms with van der Waals surface area (Å²) in [6.45, 7) is 1.43. The van der Waals surface area contributed by atoms with Gasteiger partial charge in [0.15, 0.2) is 0 Å². The van der Waals surface area contributed by atoms with Crippen molar-refractivity contribution in [1.82, 2.24) is 9.88 Å². The zero-order valence-corrected chi connectivity index (χ0v) is 9.93. The molecule has 1 aromatic heterocycles. The predicted molar refractivity (Wildman–Crippen MR) is 67.5 cm³/mol. The van der Waals surface area contributed by atoms with Gasteiger partial charge in [-0.05, 0) is 12.5 Å². The van der Waals surface area contributed by atoms with Crippen LogP contribution in [-0.2, 0) is 4.74 Å². The van der Waals surface area contributed by atoms with E-state index in [2.05, 4.69) is 4.98 Å². The van der Waals surface area contributed by atoms with Crippen molar-refractivity contribution >= 4 is 16.8 Å². The Balaban J connectivity index is 1.72. The van der Waals surface area contributed by atoms with E-state index < -0.39 is 0 Å². The van der Waals surface area contributed by atoms with Crippen LogP contribution in [0.4, 0.5) is 0 Å². The Bertz CT molecular complexity index is 619. The summed E-state index contributed by atoms with van der Waals surface area (Å²) in [6.07, 6.45) is 3.07. The van der Waals surface area contributed by atoms with Gasteiger partial charge in [0.25, 0.3) is 5.91 Å². The molecule has 0 aliphatic carbocycles. The minimum absolute atomic E-state index is 0.128. The number of amides is 1. The van der Waals surface area contributed by atoms with Crippen LogP contribution < -0.4 is 0 Å². The van der Waals surface area contributed by atoms with Gasteiger partial charge in [0, 0.05) is 23.6 Å². The van der Waals surface area contributed by atoms with E-state index in [-0.39, 0.29) is 18.1 Å². The molecular weight excluding hydrogens is 228 g/mol. The molecule has 2 atom stereocenters. The van der Waals surface area contributed by atoms with Crippen molar-refractivity contribution in [1.29, 1.82) is 0 Å². The van der Waals surface area contributed by atoms with Crippen molar-refractivity contribution in [2.45, 2.75) is 18.6 Å². The third-order valence-electron chi connectivity index (χ3n) is 3.98. The second-order valence-electron chi connectivity index (χ2n) is 5.05. The summed E-state index contributed by atoms with van der Waals surface area (Å²) in [5.74, 6) is 0.128. The number of carbonyl (C=O) groups is 1. The summed E-state index contributed by atoms with van der Waals surface area (Å²) in [5.41, 5.74) is 1.79. The standard InChI is InChI=1S/C14H14N2O2/c17-14(16-7-10-5-9(16)8-18-10)12-6-15-13-4-2-1-3-11(12)13/h1-4,6,9-10,15H,5,7-8H2/t9-,10+/m0/s1. The van der Waals surface area contributed by atoms with Crippen molar-refractivity contribution in [3.8, 4) is 0 Å². The first-order chi connectivity index (χ1) is 8.83. The quantitative estimate of drug-likeness (QED) is 0.828. The Kier molecular flexibility index (Phi) is 2.02. The van der Waals surface area contributed by atoms with Crippen molar-refractivity contribution in [2.24, 2.45) is 0 Å². The molecular formula is C14H14N2O2. The molecule has 2 bridgehead atoms. The van der Waals surface area contributed by atoms with Crippen LogP contribution in [0.1, 0.15) is 16.8 Å². The average molecular weight is 242 g/mol. The SMILES string of the molecule is O=C(c1c[nH]c2ccccc12)N1C[C@H]2C[C@H]1CO2. The van der Waals surface area contributed by atoms with E-state index >= 15 is 0 Å². The molecule has 1 aromatic carbocycles. The van der Waals surface area contributed by atoms with E-state index in [0.717, 1.165) is 29.4 Å². The number of likely N-dealkylation sites (tertiary alicyclic amines) is 1. The molecule has 2 aliphatic heterocycles. The number of benzene rings is 1. The van der Waals surface area contributed by atoms with Gasteiger partial charge < -0.3 is 14.6 Å². The number of fused-ring (bicyclic) bond motifs is 3. The number of rotatable bonds is 1. The van der Waals surface area contributed by atoms with Gasteiger partial charge in [-0.15, -0.1) is 0 Å². The number of hydrogen-bond donors (Lipinski definition) is 1. The smallest absolute Gasteiger partial charge is 0.256 e. The number of ether oxygens (including phenoxy) is 1. The van der Waals surface area contributed by atoms with Gasteiger partial charge in [-0.2, -0.15) is 0 Å². The highest BCUT2D eigenvalue weighted by atomic mass is 16.5. The van der Waals surface area contributed by atoms with Crippen LogP contribution in [0.25, 0.3) is 10.9 Å². The summed E-state index contributed by atoms with van der Waals surface area (Å²) in [6, 6.07) is 8.19. The molecule has 0 saturated carbocycles. The number of nitrogens with one attached hydrogen (secondary N) is 1. The number of H-pyrrole nitrogens is 1. The highest BCUT2D eigenvalue weighted by Gasteiger charge is 2.41. The maximum Gasteiger partial charge on any atom is 0.256 e. The number of carbonyl (C=O) groups excluding carboxylic acids is 1. The fraction of sp³-hybridized carbons (Fsp3) is 0.357. The fourth-order valence-corrected chi connectivity index (χ4v) is 3.05. The highest BCUT2D eigenvalue weighted by molar-refractivity contribution is 6.06. The van der Waals surface area contributed by atoms with E-state index in [9.17, 15) is 4.79 Å². The summed E-state index contributed by atoms with van der Waals surface area (Å²) in [7, 11) is 0. The second kappa shape index (κ2) is 3.59. The first kappa shape index (κ1) is 10.1. The molecule has 4 rings (SSSR count). The molecule has 2 aliphatic rings. The van der Waals surface area contributed by atoms with E-state index in [1.807, 2.05) is 35.4 Å². The van der Waals surface area contributed by atoms with Gasteiger partial charge in [-0.1, -0.05) is 18.2 Å². The maximum absolute atomic E-state index is 12.6. The zero-order valence-electron chi connectivity index (χ0n) is 9.93. The Morgan fingerprint density at radius 1 is 1.39 bits per heavy atom. The number of hydrogen-bond acceptors (Lipinski definition) is 2. The monoisotopic (exact) mass is 242 g/mol. The molecule has 4 nitrogen and oxygen atoms in total. The summed E-state index contributed by atoms with van der Waals surface area (Å²) < 4.78 is 5.54. The van der Waals surface area contributed by atoms with E-state index in [4.69, 9.17) is 4.74 Å². The van der Waals surface area contributed by atoms with Gasteiger partial charge in [0.1, 0.15) is 0 Å². The molecule has 3 heterocycles. The average Bonchev–Trinajstić information content (AvgIpc) is 3.12. The lowest BCUT2D eigenvalue weighted by molar-refractivity contribution is 0.0260. The number of para-hydroxylation sites is 1. The molecule has 0 unspecified atom stereocenters. The van der Waals surface area contributed by atoms with Crippen molar-refractivity contribution < 1.29 is 9.53 Å². The molecule has 2 saturated heterocycles. The number of aromatic amines is 1. The molecule has 2 fully saturated rings. The molecule has 1 amide bonds. The van der Waals surface area contributed by atoms with Crippen molar-refractivity contribution in [3.63, 3.8) is 0 Å². The van der Waals surface area contributed by atoms with Crippen LogP contribution in [0.5, 0.6) is 0 Å². The van der Waals surface area contributed by atoms with Gasteiger partial charge in [-0.25, -0.2) is 0 Å². The topological polar surface area (TPSA) is 45.3 Å². The van der Waals surface area contributed by atoms with Gasteiger partial charge in [0.05, 0.1) is 24.3 Å². The Morgan fingerprint density at radius 3 is 3.06 bits per heavy atom. The summed E-state index contributed by atoms with van der Waals surface area (Å²) >= 11 is 0. The van der Waals surface area contributed by atoms with Crippen LogP contribution >= 0.6 is 0 Å². The van der Waals surface area contributed by atoms with Gasteiger partial charge in [-0.3, -0.25) is 4.79 Å². The van der Waals surface area contributed by atoms with Crippen LogP contribution in [0.15, 0.2) is 30.5 Å². The summed E-state index contributed by atoms with van der Waals surface area (Å²) in [4.78, 5) is 17.7. The third kappa shape index (κ3) is 1.32. The van der Waals surface area contributed by atoms with Crippen LogP contribution in [0.3, 0.4) is 0 Å². The van der Waals surface area contributed by atoms with Crippen LogP contribution in [0.2, 0.25) is 0 Å². The minimum Gasteiger partial charge on any atom is -0.374 e. The number of nitrogens with zero attached hydrogens (tertiary/aromatic N) is 1. The van der Waals surface area contributed by atoms with Crippen molar-refractivity contribution in [2.75, 3.05) is 13.2 Å². The lowest BCUT2D eigenvalue weighted by Gasteiger charge is -2.26. The Hall–Kier alpha value is -1.81. The second-order valence-corrected chi connectivity index (χ2v) is 5.05. The zero-order chi connectivity index (χ0) is 12.1. The normalized spacial score (nSPS) is 26.1. The van der Waals surface area contributed by atoms with Crippen LogP contribution in [-0.4, -0.2) is 41.1 Å². The molecule has 1 N–H and O–H groups in total. The minimum atomic E-state index is 0.128. The molecule has 18 heavy (non-hydrogen) atoms. The van der Waals surface area contributed by atoms with E-state index in [1.54, 1.807) is 0 Å². The Labute approximate surface area is 105 Å². The van der Waals surface area contributed by atoms with Gasteiger partial charge in [0.2, 0.25) is 0 Å². The molecule has 0 spiro atoms. The fourth-order valence-electron chi connectivity index (χ4n) is 3.05. The number of aromatic nitrogens is 1. The largest absolute Gasteiger partial charge is 0.374 e. The van der Waals surface area contributed by atoms with E-state index in [0.29, 0.717) is 6.61 Å². The molecule has 92 valence electrons. The Morgan fingerprint density at radius 2 is 2.28 bits per heavy atom. The third-order valence-corrected chi connectivity index (χ3v) is 3.98. The number of morpholine rings is 1. The molecule has 2 aromatic rings. The molecule has 0 radical (unpaired) electrons. The lowest BCUT2D eigenvalue weighted by Crippen LogP contribution is -2.41.